The van der Waals surface area contributed by atoms with E-state index in [0.29, 0.717) is 16.5 Å². The van der Waals surface area contributed by atoms with Crippen molar-refractivity contribution in [3.05, 3.63) is 53.1 Å². The molecular formula is C18H20ClN3O3. The number of hydrogen-bond donors (Lipinski definition) is 2. The molecule has 2 aromatic rings. The molecule has 2 N–H and O–H groups in total. The van der Waals surface area contributed by atoms with E-state index in [-0.39, 0.29) is 5.91 Å². The molecule has 0 bridgehead atoms. The van der Waals surface area contributed by atoms with Crippen LogP contribution in [0.15, 0.2) is 47.6 Å². The first-order valence-electron chi connectivity index (χ1n) is 7.60. The summed E-state index contributed by atoms with van der Waals surface area (Å²) < 4.78 is 10.4. The lowest BCUT2D eigenvalue weighted by molar-refractivity contribution is -0.121. The van der Waals surface area contributed by atoms with Crippen LogP contribution in [-0.2, 0) is 4.79 Å². The van der Waals surface area contributed by atoms with Crippen molar-refractivity contribution in [2.75, 3.05) is 19.5 Å². The Labute approximate surface area is 151 Å². The molecule has 0 heterocycles. The third-order valence-electron chi connectivity index (χ3n) is 3.44. The number of carbonyl (C=O) groups is 1. The number of methoxy groups -OCH3 is 2. The van der Waals surface area contributed by atoms with Crippen LogP contribution in [0.4, 0.5) is 5.69 Å². The van der Waals surface area contributed by atoms with Crippen molar-refractivity contribution in [3.8, 4) is 11.5 Å². The van der Waals surface area contributed by atoms with Gasteiger partial charge in [-0.15, -0.1) is 0 Å². The topological polar surface area (TPSA) is 72.0 Å². The predicted molar refractivity (Wildman–Crippen MR) is 99.8 cm³/mol. The number of halogens is 1. The summed E-state index contributed by atoms with van der Waals surface area (Å²) in [7, 11) is 3.14. The first-order chi connectivity index (χ1) is 12.0. The molecule has 0 fully saturated rings. The molecule has 0 saturated heterocycles. The average molecular weight is 362 g/mol. The Kier molecular flexibility index (Phi) is 6.65. The minimum Gasteiger partial charge on any atom is -0.497 e. The van der Waals surface area contributed by atoms with Gasteiger partial charge >= 0.3 is 0 Å². The quantitative estimate of drug-likeness (QED) is 0.586. The molecule has 1 amide bonds. The molecule has 25 heavy (non-hydrogen) atoms. The lowest BCUT2D eigenvalue weighted by Crippen LogP contribution is -2.34. The zero-order valence-corrected chi connectivity index (χ0v) is 15.0. The second kappa shape index (κ2) is 8.94. The standard InChI is InChI=1S/C18H20ClN3O3/c1-12(21-15-7-5-14(19)6-8-15)18(23)22-20-11-13-4-9-16(24-2)10-17(13)25-3/h4-12,21H,1-3H3,(H,22,23)/b20-11-/t12-/m0/s1. The van der Waals surface area contributed by atoms with Crippen molar-refractivity contribution in [2.45, 2.75) is 13.0 Å². The van der Waals surface area contributed by atoms with Crippen molar-refractivity contribution in [2.24, 2.45) is 5.10 Å². The Morgan fingerprint density at radius 2 is 1.88 bits per heavy atom. The van der Waals surface area contributed by atoms with Gasteiger partial charge in [-0.2, -0.15) is 5.10 Å². The summed E-state index contributed by atoms with van der Waals surface area (Å²) in [5.74, 6) is 1.02. The molecule has 6 nitrogen and oxygen atoms in total. The molecule has 0 saturated carbocycles. The number of ether oxygens (including phenoxy) is 2. The molecular weight excluding hydrogens is 342 g/mol. The molecule has 0 aliphatic rings. The van der Waals surface area contributed by atoms with Crippen LogP contribution < -0.4 is 20.2 Å². The fourth-order valence-corrected chi connectivity index (χ4v) is 2.18. The van der Waals surface area contributed by atoms with E-state index in [9.17, 15) is 4.79 Å². The van der Waals surface area contributed by atoms with Crippen molar-refractivity contribution in [1.29, 1.82) is 0 Å². The maximum absolute atomic E-state index is 12.1. The number of amides is 1. The van der Waals surface area contributed by atoms with Gasteiger partial charge in [0.1, 0.15) is 17.5 Å². The van der Waals surface area contributed by atoms with E-state index in [1.54, 1.807) is 63.6 Å². The summed E-state index contributed by atoms with van der Waals surface area (Å²) in [6.45, 7) is 1.74. The van der Waals surface area contributed by atoms with E-state index in [4.69, 9.17) is 21.1 Å². The number of hydrogen-bond acceptors (Lipinski definition) is 5. The van der Waals surface area contributed by atoms with E-state index in [1.165, 1.54) is 6.21 Å². The summed E-state index contributed by atoms with van der Waals surface area (Å²) in [5.41, 5.74) is 4.02. The normalized spacial score (nSPS) is 11.8. The zero-order valence-electron chi connectivity index (χ0n) is 14.2. The van der Waals surface area contributed by atoms with Crippen molar-refractivity contribution in [3.63, 3.8) is 0 Å². The molecule has 2 aromatic carbocycles. The second-order valence-electron chi connectivity index (χ2n) is 5.22. The molecule has 0 aromatic heterocycles. The van der Waals surface area contributed by atoms with Crippen LogP contribution >= 0.6 is 11.6 Å². The van der Waals surface area contributed by atoms with Crippen LogP contribution in [0.5, 0.6) is 11.5 Å². The van der Waals surface area contributed by atoms with Crippen molar-refractivity contribution in [1.82, 2.24) is 5.43 Å². The molecule has 0 aliphatic heterocycles. The molecule has 132 valence electrons. The van der Waals surface area contributed by atoms with E-state index in [2.05, 4.69) is 15.8 Å². The third kappa shape index (κ3) is 5.39. The van der Waals surface area contributed by atoms with Crippen LogP contribution in [0.1, 0.15) is 12.5 Å². The van der Waals surface area contributed by atoms with Gasteiger partial charge in [0, 0.05) is 22.3 Å². The summed E-state index contributed by atoms with van der Waals surface area (Å²) in [6, 6.07) is 12.0. The SMILES string of the molecule is COc1ccc(/C=N\NC(=O)[C@H](C)Nc2ccc(Cl)cc2)c(OC)c1. The van der Waals surface area contributed by atoms with Gasteiger partial charge in [0.25, 0.3) is 5.91 Å². The molecule has 1 atom stereocenters. The maximum atomic E-state index is 12.1. The first kappa shape index (κ1) is 18.6. The van der Waals surface area contributed by atoms with Gasteiger partial charge in [-0.05, 0) is 43.3 Å². The van der Waals surface area contributed by atoms with E-state index in [0.717, 1.165) is 11.3 Å². The van der Waals surface area contributed by atoms with E-state index in [1.807, 2.05) is 0 Å². The average Bonchev–Trinajstić information content (AvgIpc) is 2.63. The summed E-state index contributed by atoms with van der Waals surface area (Å²) in [4.78, 5) is 12.1. The first-order valence-corrected chi connectivity index (χ1v) is 7.98. The highest BCUT2D eigenvalue weighted by Gasteiger charge is 2.11. The van der Waals surface area contributed by atoms with Crippen LogP contribution in [0.3, 0.4) is 0 Å². The molecule has 0 unspecified atom stereocenters. The Morgan fingerprint density at radius 3 is 2.52 bits per heavy atom. The zero-order chi connectivity index (χ0) is 18.2. The number of benzene rings is 2. The minimum absolute atomic E-state index is 0.265. The van der Waals surface area contributed by atoms with E-state index >= 15 is 0 Å². The summed E-state index contributed by atoms with van der Waals surface area (Å²) in [5, 5.41) is 7.68. The van der Waals surface area contributed by atoms with Crippen LogP contribution in [0, 0.1) is 0 Å². The van der Waals surface area contributed by atoms with Crippen molar-refractivity contribution >= 4 is 29.4 Å². The monoisotopic (exact) mass is 361 g/mol. The fourth-order valence-electron chi connectivity index (χ4n) is 2.05. The van der Waals surface area contributed by atoms with Gasteiger partial charge in [-0.3, -0.25) is 4.79 Å². The van der Waals surface area contributed by atoms with Gasteiger partial charge in [0.2, 0.25) is 0 Å². The maximum Gasteiger partial charge on any atom is 0.262 e. The Bertz CT molecular complexity index is 748. The lowest BCUT2D eigenvalue weighted by Gasteiger charge is -2.13. The molecule has 2 rings (SSSR count). The fraction of sp³-hybridized carbons (Fsp3) is 0.222. The van der Waals surface area contributed by atoms with Gasteiger partial charge in [0.05, 0.1) is 20.4 Å². The highest BCUT2D eigenvalue weighted by atomic mass is 35.5. The Balaban J connectivity index is 1.94. The number of rotatable bonds is 7. The Morgan fingerprint density at radius 1 is 1.16 bits per heavy atom. The minimum atomic E-state index is -0.462. The predicted octanol–water partition coefficient (Wildman–Crippen LogP) is 3.31. The largest absolute Gasteiger partial charge is 0.497 e. The van der Waals surface area contributed by atoms with Gasteiger partial charge in [0.15, 0.2) is 0 Å². The molecule has 0 aliphatic carbocycles. The Hall–Kier alpha value is -2.73. The highest BCUT2D eigenvalue weighted by molar-refractivity contribution is 6.30. The molecule has 7 heteroatoms. The van der Waals surface area contributed by atoms with Gasteiger partial charge < -0.3 is 14.8 Å². The third-order valence-corrected chi connectivity index (χ3v) is 3.69. The number of carbonyl (C=O) groups excluding carboxylic acids is 1. The van der Waals surface area contributed by atoms with Crippen LogP contribution in [0.25, 0.3) is 0 Å². The molecule has 0 radical (unpaired) electrons. The molecule has 0 spiro atoms. The number of nitrogens with one attached hydrogen (secondary N) is 2. The van der Waals surface area contributed by atoms with Gasteiger partial charge in [-0.1, -0.05) is 11.6 Å². The number of nitrogens with zero attached hydrogens (tertiary/aromatic N) is 1. The lowest BCUT2D eigenvalue weighted by atomic mass is 10.2. The smallest absolute Gasteiger partial charge is 0.262 e. The van der Waals surface area contributed by atoms with Crippen LogP contribution in [-0.4, -0.2) is 32.4 Å². The number of hydrazone groups is 1. The summed E-state index contributed by atoms with van der Waals surface area (Å²) >= 11 is 5.84. The van der Waals surface area contributed by atoms with Gasteiger partial charge in [-0.25, -0.2) is 5.43 Å². The highest BCUT2D eigenvalue weighted by Crippen LogP contribution is 2.23. The number of anilines is 1. The second-order valence-corrected chi connectivity index (χ2v) is 5.65. The van der Waals surface area contributed by atoms with E-state index < -0.39 is 6.04 Å². The van der Waals surface area contributed by atoms with Crippen molar-refractivity contribution < 1.29 is 14.3 Å². The van der Waals surface area contributed by atoms with Crippen LogP contribution in [0.2, 0.25) is 5.02 Å². The summed E-state index contributed by atoms with van der Waals surface area (Å²) in [6.07, 6.45) is 1.52.